The molecule has 2 N–H and O–H groups in total. The van der Waals surface area contributed by atoms with Crippen molar-refractivity contribution in [3.05, 3.63) is 24.0 Å². The summed E-state index contributed by atoms with van der Waals surface area (Å²) in [5.41, 5.74) is 0.435. The first-order valence-corrected chi connectivity index (χ1v) is 7.29. The Kier molecular flexibility index (Phi) is 5.14. The van der Waals surface area contributed by atoms with Gasteiger partial charge in [0.15, 0.2) is 0 Å². The lowest BCUT2D eigenvalue weighted by molar-refractivity contribution is -0.0734. The Morgan fingerprint density at radius 1 is 1.52 bits per heavy atom. The van der Waals surface area contributed by atoms with Gasteiger partial charge in [0.2, 0.25) is 0 Å². The minimum Gasteiger partial charge on any atom is -0.388 e. The Hall–Kier alpha value is -1.66. The molecule has 1 amide bonds. The second-order valence-electron chi connectivity index (χ2n) is 5.45. The van der Waals surface area contributed by atoms with Gasteiger partial charge in [-0.1, -0.05) is 0 Å². The first-order chi connectivity index (χ1) is 10.1. The second kappa shape index (κ2) is 6.87. The SMILES string of the molecule is CCNc1ccncc1C(=O)N(C)CC1(O)CCOCC1. The van der Waals surface area contributed by atoms with Gasteiger partial charge in [0.1, 0.15) is 0 Å². The van der Waals surface area contributed by atoms with Gasteiger partial charge in [-0.25, -0.2) is 0 Å². The average Bonchev–Trinajstić information content (AvgIpc) is 2.47. The minimum atomic E-state index is -0.858. The highest BCUT2D eigenvalue weighted by Gasteiger charge is 2.32. The maximum Gasteiger partial charge on any atom is 0.257 e. The number of aromatic nitrogens is 1. The summed E-state index contributed by atoms with van der Waals surface area (Å²) < 4.78 is 5.26. The number of rotatable bonds is 5. The molecule has 0 unspecified atom stereocenters. The molecular weight excluding hydrogens is 270 g/mol. The van der Waals surface area contributed by atoms with Gasteiger partial charge in [0.25, 0.3) is 5.91 Å². The maximum absolute atomic E-state index is 12.6. The number of pyridine rings is 1. The molecule has 2 heterocycles. The van der Waals surface area contributed by atoms with Crippen LogP contribution in [-0.4, -0.2) is 59.8 Å². The Balaban J connectivity index is 2.08. The van der Waals surface area contributed by atoms with Crippen molar-refractivity contribution in [1.82, 2.24) is 9.88 Å². The van der Waals surface area contributed by atoms with Crippen LogP contribution in [0.3, 0.4) is 0 Å². The van der Waals surface area contributed by atoms with E-state index < -0.39 is 5.60 Å². The molecular formula is C15H23N3O3. The molecule has 0 aromatic carbocycles. The van der Waals surface area contributed by atoms with E-state index in [-0.39, 0.29) is 5.91 Å². The number of aliphatic hydroxyl groups is 1. The van der Waals surface area contributed by atoms with Crippen molar-refractivity contribution in [1.29, 1.82) is 0 Å². The normalized spacial score (nSPS) is 17.3. The lowest BCUT2D eigenvalue weighted by atomic mass is 9.93. The monoisotopic (exact) mass is 293 g/mol. The van der Waals surface area contributed by atoms with Crippen molar-refractivity contribution in [3.63, 3.8) is 0 Å². The number of amides is 1. The highest BCUT2D eigenvalue weighted by Crippen LogP contribution is 2.23. The number of carbonyl (C=O) groups excluding carboxylic acids is 1. The number of nitrogens with zero attached hydrogens (tertiary/aromatic N) is 2. The highest BCUT2D eigenvalue weighted by molar-refractivity contribution is 5.99. The molecule has 0 spiro atoms. The van der Waals surface area contributed by atoms with E-state index >= 15 is 0 Å². The van der Waals surface area contributed by atoms with Crippen LogP contribution in [-0.2, 0) is 4.74 Å². The fraction of sp³-hybridized carbons (Fsp3) is 0.600. The van der Waals surface area contributed by atoms with Gasteiger partial charge in [0, 0.05) is 58.6 Å². The van der Waals surface area contributed by atoms with Gasteiger partial charge in [-0.05, 0) is 13.0 Å². The molecule has 1 aliphatic rings. The summed E-state index contributed by atoms with van der Waals surface area (Å²) in [4.78, 5) is 18.1. The van der Waals surface area contributed by atoms with Crippen LogP contribution in [0.5, 0.6) is 0 Å². The van der Waals surface area contributed by atoms with Gasteiger partial charge in [-0.3, -0.25) is 9.78 Å². The van der Waals surface area contributed by atoms with Crippen LogP contribution < -0.4 is 5.32 Å². The Morgan fingerprint density at radius 2 is 2.24 bits per heavy atom. The van der Waals surface area contributed by atoms with E-state index in [9.17, 15) is 9.90 Å². The first-order valence-electron chi connectivity index (χ1n) is 7.29. The summed E-state index contributed by atoms with van der Waals surface area (Å²) in [6.07, 6.45) is 4.32. The van der Waals surface area contributed by atoms with Crippen molar-refractivity contribution in [2.75, 3.05) is 38.7 Å². The average molecular weight is 293 g/mol. The predicted octanol–water partition coefficient (Wildman–Crippen LogP) is 1.13. The van der Waals surface area contributed by atoms with E-state index in [2.05, 4.69) is 10.3 Å². The second-order valence-corrected chi connectivity index (χ2v) is 5.45. The summed E-state index contributed by atoms with van der Waals surface area (Å²) in [5, 5.41) is 13.7. The van der Waals surface area contributed by atoms with Crippen LogP contribution in [0.4, 0.5) is 5.69 Å². The van der Waals surface area contributed by atoms with Crippen LogP contribution >= 0.6 is 0 Å². The van der Waals surface area contributed by atoms with Crippen LogP contribution in [0.2, 0.25) is 0 Å². The Bertz CT molecular complexity index is 487. The van der Waals surface area contributed by atoms with Crippen molar-refractivity contribution in [3.8, 4) is 0 Å². The summed E-state index contributed by atoms with van der Waals surface area (Å²) in [6, 6.07) is 1.79. The summed E-state index contributed by atoms with van der Waals surface area (Å²) in [6.45, 7) is 4.08. The van der Waals surface area contributed by atoms with E-state index in [1.54, 1.807) is 30.4 Å². The molecule has 1 aliphatic heterocycles. The molecule has 116 valence electrons. The number of carbonyl (C=O) groups is 1. The van der Waals surface area contributed by atoms with E-state index in [1.165, 1.54) is 0 Å². The number of nitrogens with one attached hydrogen (secondary N) is 1. The fourth-order valence-electron chi connectivity index (χ4n) is 2.54. The molecule has 0 saturated carbocycles. The number of hydrogen-bond acceptors (Lipinski definition) is 5. The third-order valence-electron chi connectivity index (χ3n) is 3.72. The van der Waals surface area contributed by atoms with E-state index in [4.69, 9.17) is 4.74 Å². The Labute approximate surface area is 125 Å². The minimum absolute atomic E-state index is 0.140. The maximum atomic E-state index is 12.6. The zero-order valence-corrected chi connectivity index (χ0v) is 12.6. The summed E-state index contributed by atoms with van der Waals surface area (Å²) in [5.74, 6) is -0.140. The van der Waals surface area contributed by atoms with Crippen molar-refractivity contribution < 1.29 is 14.6 Å². The molecule has 1 saturated heterocycles. The molecule has 0 aliphatic carbocycles. The molecule has 0 atom stereocenters. The lowest BCUT2D eigenvalue weighted by Gasteiger charge is -2.35. The van der Waals surface area contributed by atoms with Crippen molar-refractivity contribution in [2.24, 2.45) is 0 Å². The topological polar surface area (TPSA) is 74.7 Å². The quantitative estimate of drug-likeness (QED) is 0.851. The smallest absolute Gasteiger partial charge is 0.257 e. The first kappa shape index (κ1) is 15.7. The molecule has 2 rings (SSSR count). The molecule has 1 aromatic heterocycles. The van der Waals surface area contributed by atoms with Crippen LogP contribution in [0.25, 0.3) is 0 Å². The van der Waals surface area contributed by atoms with E-state index in [0.29, 0.717) is 38.2 Å². The molecule has 6 heteroatoms. The zero-order chi connectivity index (χ0) is 15.3. The predicted molar refractivity (Wildman–Crippen MR) is 80.4 cm³/mol. The van der Waals surface area contributed by atoms with Gasteiger partial charge < -0.3 is 20.1 Å². The molecule has 0 bridgehead atoms. The van der Waals surface area contributed by atoms with Gasteiger partial charge >= 0.3 is 0 Å². The largest absolute Gasteiger partial charge is 0.388 e. The zero-order valence-electron chi connectivity index (χ0n) is 12.6. The lowest BCUT2D eigenvalue weighted by Crippen LogP contribution is -2.47. The number of hydrogen-bond donors (Lipinski definition) is 2. The van der Waals surface area contributed by atoms with Gasteiger partial charge in [-0.2, -0.15) is 0 Å². The summed E-state index contributed by atoms with van der Waals surface area (Å²) >= 11 is 0. The van der Waals surface area contributed by atoms with E-state index in [0.717, 1.165) is 12.2 Å². The van der Waals surface area contributed by atoms with Crippen LogP contribution in [0.1, 0.15) is 30.1 Å². The van der Waals surface area contributed by atoms with Gasteiger partial charge in [-0.15, -0.1) is 0 Å². The number of anilines is 1. The van der Waals surface area contributed by atoms with E-state index in [1.807, 2.05) is 6.92 Å². The molecule has 6 nitrogen and oxygen atoms in total. The summed E-state index contributed by atoms with van der Waals surface area (Å²) in [7, 11) is 1.71. The van der Waals surface area contributed by atoms with Crippen molar-refractivity contribution >= 4 is 11.6 Å². The molecule has 21 heavy (non-hydrogen) atoms. The van der Waals surface area contributed by atoms with Crippen LogP contribution in [0.15, 0.2) is 18.5 Å². The third-order valence-corrected chi connectivity index (χ3v) is 3.72. The fourth-order valence-corrected chi connectivity index (χ4v) is 2.54. The highest BCUT2D eigenvalue weighted by atomic mass is 16.5. The molecule has 0 radical (unpaired) electrons. The standard InChI is InChI=1S/C15H23N3O3/c1-3-17-13-4-7-16-10-12(13)14(19)18(2)11-15(20)5-8-21-9-6-15/h4,7,10,20H,3,5-6,8-9,11H2,1-2H3,(H,16,17). The number of ether oxygens (including phenoxy) is 1. The number of likely N-dealkylation sites (N-methyl/N-ethyl adjacent to an activating group) is 1. The van der Waals surface area contributed by atoms with Gasteiger partial charge in [0.05, 0.1) is 16.9 Å². The molecule has 1 fully saturated rings. The Morgan fingerprint density at radius 3 is 2.90 bits per heavy atom. The molecule has 1 aromatic rings. The third kappa shape index (κ3) is 3.92. The van der Waals surface area contributed by atoms with Crippen LogP contribution in [0, 0.1) is 0 Å². The van der Waals surface area contributed by atoms with Crippen molar-refractivity contribution in [2.45, 2.75) is 25.4 Å².